The summed E-state index contributed by atoms with van der Waals surface area (Å²) in [7, 11) is 3.81. The van der Waals surface area contributed by atoms with Crippen LogP contribution in [0.5, 0.6) is 5.88 Å². The highest BCUT2D eigenvalue weighted by Crippen LogP contribution is 2.11. The Morgan fingerprint density at radius 3 is 2.64 bits per heavy atom. The molecule has 5 nitrogen and oxygen atoms in total. The maximum Gasteiger partial charge on any atom is 0.272 e. The maximum absolute atomic E-state index is 12.2. The van der Waals surface area contributed by atoms with Crippen molar-refractivity contribution in [1.29, 1.82) is 0 Å². The molecule has 0 amide bonds. The van der Waals surface area contributed by atoms with Gasteiger partial charge in [0.1, 0.15) is 0 Å². The highest BCUT2D eigenvalue weighted by atomic mass is 19.3. The predicted molar refractivity (Wildman–Crippen MR) is 93.8 cm³/mol. The molecule has 0 fully saturated rings. The topological polar surface area (TPSA) is 49.8 Å². The second kappa shape index (κ2) is 9.56. The number of nitrogens with one attached hydrogen (secondary N) is 1. The number of ether oxygens (including phenoxy) is 1. The molecule has 0 saturated carbocycles. The van der Waals surface area contributed by atoms with E-state index in [1.807, 2.05) is 49.3 Å². The van der Waals surface area contributed by atoms with E-state index in [1.165, 1.54) is 6.20 Å². The first-order valence-corrected chi connectivity index (χ1v) is 7.90. The van der Waals surface area contributed by atoms with E-state index in [4.69, 9.17) is 4.74 Å². The van der Waals surface area contributed by atoms with E-state index >= 15 is 0 Å². The van der Waals surface area contributed by atoms with Gasteiger partial charge in [0.05, 0.1) is 6.54 Å². The number of alkyl halides is 2. The number of pyridine rings is 1. The number of hydrogen-bond donors (Lipinski definition) is 1. The number of aromatic nitrogens is 1. The van der Waals surface area contributed by atoms with Crippen LogP contribution in [-0.2, 0) is 13.1 Å². The fourth-order valence-electron chi connectivity index (χ4n) is 2.07. The lowest BCUT2D eigenvalue weighted by Gasteiger charge is -2.17. The molecule has 0 saturated heterocycles. The van der Waals surface area contributed by atoms with E-state index < -0.39 is 13.0 Å². The Hall–Kier alpha value is -2.70. The zero-order chi connectivity index (χ0) is 18.1. The molecule has 1 N–H and O–H groups in total. The number of halogens is 2. The van der Waals surface area contributed by atoms with Gasteiger partial charge in [-0.05, 0) is 17.2 Å². The van der Waals surface area contributed by atoms with Crippen molar-refractivity contribution in [3.05, 3.63) is 59.8 Å². The molecule has 2 rings (SSSR count). The van der Waals surface area contributed by atoms with Gasteiger partial charge in [0.2, 0.25) is 5.88 Å². The average Bonchev–Trinajstić information content (AvgIpc) is 2.61. The molecule has 1 aromatic carbocycles. The van der Waals surface area contributed by atoms with Crippen molar-refractivity contribution >= 4 is 5.96 Å². The van der Waals surface area contributed by atoms with Crippen molar-refractivity contribution in [3.63, 3.8) is 0 Å². The highest BCUT2D eigenvalue weighted by molar-refractivity contribution is 5.79. The second-order valence-corrected chi connectivity index (χ2v) is 5.58. The van der Waals surface area contributed by atoms with Gasteiger partial charge in [-0.25, -0.2) is 18.8 Å². The molecule has 25 heavy (non-hydrogen) atoms. The zero-order valence-electron chi connectivity index (χ0n) is 14.3. The van der Waals surface area contributed by atoms with E-state index in [-0.39, 0.29) is 5.88 Å². The Morgan fingerprint density at radius 2 is 1.96 bits per heavy atom. The standard InChI is InChI=1S/C18H22F2N4O/c1-24(2)18(22-11-14-6-4-3-5-7-14)23-12-15-8-9-21-17(10-15)25-13-16(19)20/h3-10,16H,11-13H2,1-2H3,(H,22,23). The van der Waals surface area contributed by atoms with Crippen LogP contribution >= 0.6 is 0 Å². The van der Waals surface area contributed by atoms with Crippen molar-refractivity contribution in [2.24, 2.45) is 4.99 Å². The summed E-state index contributed by atoms with van der Waals surface area (Å²) in [5, 5.41) is 3.29. The van der Waals surface area contributed by atoms with E-state index in [0.29, 0.717) is 13.1 Å². The third-order valence-corrected chi connectivity index (χ3v) is 3.28. The minimum atomic E-state index is -2.52. The molecule has 7 heteroatoms. The van der Waals surface area contributed by atoms with E-state index in [9.17, 15) is 8.78 Å². The summed E-state index contributed by atoms with van der Waals surface area (Å²) >= 11 is 0. The average molecular weight is 348 g/mol. The number of guanidine groups is 1. The molecule has 0 unspecified atom stereocenters. The van der Waals surface area contributed by atoms with E-state index in [2.05, 4.69) is 15.3 Å². The monoisotopic (exact) mass is 348 g/mol. The number of nitrogens with zero attached hydrogens (tertiary/aromatic N) is 3. The summed E-state index contributed by atoms with van der Waals surface area (Å²) in [6, 6.07) is 13.4. The van der Waals surface area contributed by atoms with Crippen LogP contribution in [0.1, 0.15) is 11.1 Å². The van der Waals surface area contributed by atoms with Crippen LogP contribution in [0.25, 0.3) is 0 Å². The molecule has 1 heterocycles. The maximum atomic E-state index is 12.2. The first kappa shape index (κ1) is 18.6. The Kier molecular flexibility index (Phi) is 7.13. The van der Waals surface area contributed by atoms with Crippen molar-refractivity contribution in [1.82, 2.24) is 15.2 Å². The van der Waals surface area contributed by atoms with Crippen molar-refractivity contribution < 1.29 is 13.5 Å². The lowest BCUT2D eigenvalue weighted by atomic mass is 10.2. The second-order valence-electron chi connectivity index (χ2n) is 5.58. The summed E-state index contributed by atoms with van der Waals surface area (Å²) < 4.78 is 29.3. The molecule has 0 aliphatic carbocycles. The minimum Gasteiger partial charge on any atom is -0.472 e. The normalized spacial score (nSPS) is 11.5. The molecule has 0 radical (unpaired) electrons. The molecule has 134 valence electrons. The lowest BCUT2D eigenvalue weighted by molar-refractivity contribution is 0.0795. The van der Waals surface area contributed by atoms with E-state index in [0.717, 1.165) is 17.1 Å². The molecular weight excluding hydrogens is 326 g/mol. The van der Waals surface area contributed by atoms with Gasteiger partial charge in [0, 0.05) is 32.9 Å². The third-order valence-electron chi connectivity index (χ3n) is 3.28. The van der Waals surface area contributed by atoms with Gasteiger partial charge in [0.15, 0.2) is 12.6 Å². The van der Waals surface area contributed by atoms with Crippen LogP contribution in [0, 0.1) is 0 Å². The van der Waals surface area contributed by atoms with Gasteiger partial charge in [-0.2, -0.15) is 0 Å². The Morgan fingerprint density at radius 1 is 1.20 bits per heavy atom. The molecule has 0 spiro atoms. The SMILES string of the molecule is CN(C)C(=NCc1ccnc(OCC(F)F)c1)NCc1ccccc1. The molecule has 1 aromatic heterocycles. The number of rotatable bonds is 7. The summed E-state index contributed by atoms with van der Waals surface area (Å²) in [5.41, 5.74) is 1.99. The summed E-state index contributed by atoms with van der Waals surface area (Å²) in [6.07, 6.45) is -0.996. The molecule has 2 aromatic rings. The molecule has 0 atom stereocenters. The van der Waals surface area contributed by atoms with Crippen molar-refractivity contribution in [2.45, 2.75) is 19.5 Å². The minimum absolute atomic E-state index is 0.177. The predicted octanol–water partition coefficient (Wildman–Crippen LogP) is 2.93. The molecule has 0 bridgehead atoms. The van der Waals surface area contributed by atoms with Gasteiger partial charge in [0.25, 0.3) is 6.43 Å². The Bertz CT molecular complexity index is 678. The molecule has 0 aliphatic rings. The van der Waals surface area contributed by atoms with Crippen LogP contribution in [0.4, 0.5) is 8.78 Å². The fourth-order valence-corrected chi connectivity index (χ4v) is 2.07. The Labute approximate surface area is 146 Å². The third kappa shape index (κ3) is 6.74. The van der Waals surface area contributed by atoms with Gasteiger partial charge >= 0.3 is 0 Å². The summed E-state index contributed by atoms with van der Waals surface area (Å²) in [4.78, 5) is 10.4. The Balaban J connectivity index is 1.97. The first-order chi connectivity index (χ1) is 12.0. The highest BCUT2D eigenvalue weighted by Gasteiger charge is 2.06. The molecular formula is C18H22F2N4O. The summed E-state index contributed by atoms with van der Waals surface area (Å²) in [5.74, 6) is 0.910. The number of hydrogen-bond acceptors (Lipinski definition) is 3. The van der Waals surface area contributed by atoms with E-state index in [1.54, 1.807) is 12.1 Å². The smallest absolute Gasteiger partial charge is 0.272 e. The fraction of sp³-hybridized carbons (Fsp3) is 0.333. The van der Waals surface area contributed by atoms with Crippen molar-refractivity contribution in [2.75, 3.05) is 20.7 Å². The van der Waals surface area contributed by atoms with Crippen LogP contribution in [-0.4, -0.2) is 43.0 Å². The number of aliphatic imine (C=N–C) groups is 1. The van der Waals surface area contributed by atoms with Crippen LogP contribution in [0.2, 0.25) is 0 Å². The van der Waals surface area contributed by atoms with Crippen LogP contribution in [0.3, 0.4) is 0 Å². The lowest BCUT2D eigenvalue weighted by Crippen LogP contribution is -2.36. The van der Waals surface area contributed by atoms with Gasteiger partial charge < -0.3 is 15.0 Å². The first-order valence-electron chi connectivity index (χ1n) is 7.90. The van der Waals surface area contributed by atoms with Gasteiger partial charge in [-0.3, -0.25) is 0 Å². The van der Waals surface area contributed by atoms with Crippen molar-refractivity contribution in [3.8, 4) is 5.88 Å². The van der Waals surface area contributed by atoms with Crippen LogP contribution in [0.15, 0.2) is 53.7 Å². The van der Waals surface area contributed by atoms with Gasteiger partial charge in [-0.15, -0.1) is 0 Å². The van der Waals surface area contributed by atoms with Gasteiger partial charge in [-0.1, -0.05) is 30.3 Å². The quantitative estimate of drug-likeness (QED) is 0.617. The summed E-state index contributed by atoms with van der Waals surface area (Å²) in [6.45, 7) is 0.390. The largest absolute Gasteiger partial charge is 0.472 e. The zero-order valence-corrected chi connectivity index (χ0v) is 14.3. The van der Waals surface area contributed by atoms with Crippen LogP contribution < -0.4 is 10.1 Å². The number of benzene rings is 1. The molecule has 0 aliphatic heterocycles.